The molecule has 0 bridgehead atoms. The SMILES string of the molecule is Cc1nc2c(cc1C(=O)O)CCCN2C(=O)OCc1ccccc1. The van der Waals surface area contributed by atoms with Crippen molar-refractivity contribution in [3.63, 3.8) is 0 Å². The van der Waals surface area contributed by atoms with Gasteiger partial charge in [-0.05, 0) is 37.0 Å². The predicted octanol–water partition coefficient (Wildman–Crippen LogP) is 3.18. The van der Waals surface area contributed by atoms with Crippen LogP contribution in [0.2, 0.25) is 0 Å². The van der Waals surface area contributed by atoms with E-state index in [0.29, 0.717) is 24.5 Å². The summed E-state index contributed by atoms with van der Waals surface area (Å²) in [6.45, 7) is 2.34. The molecule has 1 aromatic carbocycles. The summed E-state index contributed by atoms with van der Waals surface area (Å²) in [6.07, 6.45) is 0.984. The quantitative estimate of drug-likeness (QED) is 0.937. The van der Waals surface area contributed by atoms with Crippen LogP contribution in [0.25, 0.3) is 0 Å². The number of rotatable bonds is 3. The van der Waals surface area contributed by atoms with Crippen molar-refractivity contribution in [3.05, 3.63) is 58.8 Å². The zero-order valence-electron chi connectivity index (χ0n) is 13.4. The van der Waals surface area contributed by atoms with Crippen LogP contribution in [0.5, 0.6) is 0 Å². The number of anilines is 1. The van der Waals surface area contributed by atoms with Crippen LogP contribution in [-0.4, -0.2) is 28.7 Å². The van der Waals surface area contributed by atoms with E-state index >= 15 is 0 Å². The summed E-state index contributed by atoms with van der Waals surface area (Å²) in [4.78, 5) is 29.5. The van der Waals surface area contributed by atoms with Gasteiger partial charge in [0.25, 0.3) is 0 Å². The van der Waals surface area contributed by atoms with Crippen LogP contribution < -0.4 is 4.90 Å². The fourth-order valence-corrected chi connectivity index (χ4v) is 2.78. The lowest BCUT2D eigenvalue weighted by Gasteiger charge is -2.28. The van der Waals surface area contributed by atoms with Crippen LogP contribution in [0.4, 0.5) is 10.6 Å². The minimum atomic E-state index is -1.01. The molecule has 0 atom stereocenters. The Bertz CT molecular complexity index is 774. The smallest absolute Gasteiger partial charge is 0.415 e. The molecule has 6 heteroatoms. The Morgan fingerprint density at radius 3 is 2.75 bits per heavy atom. The molecular formula is C18H18N2O4. The first-order valence-corrected chi connectivity index (χ1v) is 7.78. The molecule has 6 nitrogen and oxygen atoms in total. The molecule has 1 N–H and O–H groups in total. The topological polar surface area (TPSA) is 79.7 Å². The Morgan fingerprint density at radius 2 is 2.04 bits per heavy atom. The number of carbonyl (C=O) groups is 2. The van der Waals surface area contributed by atoms with Crippen molar-refractivity contribution >= 4 is 17.9 Å². The minimum Gasteiger partial charge on any atom is -0.478 e. The van der Waals surface area contributed by atoms with Crippen molar-refractivity contribution in [1.82, 2.24) is 4.98 Å². The zero-order chi connectivity index (χ0) is 17.1. The highest BCUT2D eigenvalue weighted by Crippen LogP contribution is 2.28. The molecule has 0 unspecified atom stereocenters. The van der Waals surface area contributed by atoms with E-state index in [-0.39, 0.29) is 12.2 Å². The number of pyridine rings is 1. The van der Waals surface area contributed by atoms with Gasteiger partial charge >= 0.3 is 12.1 Å². The van der Waals surface area contributed by atoms with E-state index in [4.69, 9.17) is 4.74 Å². The maximum absolute atomic E-state index is 12.4. The largest absolute Gasteiger partial charge is 0.478 e. The van der Waals surface area contributed by atoms with Crippen molar-refractivity contribution in [2.45, 2.75) is 26.4 Å². The lowest BCUT2D eigenvalue weighted by molar-refractivity contribution is 0.0695. The average Bonchev–Trinajstić information content (AvgIpc) is 2.59. The summed E-state index contributed by atoms with van der Waals surface area (Å²) in [5, 5.41) is 9.21. The summed E-state index contributed by atoms with van der Waals surface area (Å²) in [6, 6.07) is 11.1. The number of aryl methyl sites for hydroxylation is 2. The van der Waals surface area contributed by atoms with Gasteiger partial charge in [0.2, 0.25) is 0 Å². The third-order valence-electron chi connectivity index (χ3n) is 4.01. The van der Waals surface area contributed by atoms with E-state index in [2.05, 4.69) is 4.98 Å². The first-order chi connectivity index (χ1) is 11.6. The number of nitrogens with zero attached hydrogens (tertiary/aromatic N) is 2. The van der Waals surface area contributed by atoms with E-state index in [9.17, 15) is 14.7 Å². The van der Waals surface area contributed by atoms with E-state index in [1.54, 1.807) is 13.0 Å². The van der Waals surface area contributed by atoms with Crippen molar-refractivity contribution in [3.8, 4) is 0 Å². The Hall–Kier alpha value is -2.89. The van der Waals surface area contributed by atoms with Gasteiger partial charge in [-0.15, -0.1) is 0 Å². The van der Waals surface area contributed by atoms with Gasteiger partial charge in [-0.2, -0.15) is 0 Å². The molecule has 1 aromatic heterocycles. The fraction of sp³-hybridized carbons (Fsp3) is 0.278. The molecule has 2 heterocycles. The zero-order valence-corrected chi connectivity index (χ0v) is 13.4. The normalized spacial score (nSPS) is 13.3. The number of hydrogen-bond acceptors (Lipinski definition) is 4. The highest BCUT2D eigenvalue weighted by molar-refractivity contribution is 5.92. The first kappa shape index (κ1) is 16.0. The minimum absolute atomic E-state index is 0.174. The van der Waals surface area contributed by atoms with Crippen LogP contribution >= 0.6 is 0 Å². The van der Waals surface area contributed by atoms with Crippen LogP contribution in [0.3, 0.4) is 0 Å². The summed E-state index contributed by atoms with van der Waals surface area (Å²) < 4.78 is 5.37. The highest BCUT2D eigenvalue weighted by atomic mass is 16.6. The molecule has 0 saturated carbocycles. The van der Waals surface area contributed by atoms with Crippen LogP contribution in [-0.2, 0) is 17.8 Å². The van der Waals surface area contributed by atoms with Crippen LogP contribution in [0, 0.1) is 6.92 Å². The van der Waals surface area contributed by atoms with Crippen molar-refractivity contribution in [2.75, 3.05) is 11.4 Å². The Kier molecular flexibility index (Phi) is 4.46. The Balaban J connectivity index is 1.80. The standard InChI is InChI=1S/C18H18N2O4/c1-12-15(17(21)22)10-14-8-5-9-20(16(14)19-12)18(23)24-11-13-6-3-2-4-7-13/h2-4,6-7,10H,5,8-9,11H2,1H3,(H,21,22). The fourth-order valence-electron chi connectivity index (χ4n) is 2.78. The van der Waals surface area contributed by atoms with Gasteiger partial charge in [-0.25, -0.2) is 14.6 Å². The number of carboxylic acid groups (broad SMARTS) is 1. The second-order valence-electron chi connectivity index (χ2n) is 5.70. The van der Waals surface area contributed by atoms with Crippen LogP contribution in [0.15, 0.2) is 36.4 Å². The molecule has 1 aliphatic heterocycles. The maximum atomic E-state index is 12.4. The molecule has 2 aromatic rings. The summed E-state index contributed by atoms with van der Waals surface area (Å²) in [5.74, 6) is -0.506. The number of hydrogen-bond donors (Lipinski definition) is 1. The number of benzene rings is 1. The monoisotopic (exact) mass is 326 g/mol. The highest BCUT2D eigenvalue weighted by Gasteiger charge is 2.27. The molecule has 0 aliphatic carbocycles. The number of carbonyl (C=O) groups excluding carboxylic acids is 1. The molecule has 124 valence electrons. The number of aromatic nitrogens is 1. The van der Waals surface area contributed by atoms with E-state index in [1.165, 1.54) is 4.90 Å². The molecular weight excluding hydrogens is 308 g/mol. The molecule has 0 saturated heterocycles. The van der Waals surface area contributed by atoms with Gasteiger partial charge in [0.15, 0.2) is 0 Å². The second-order valence-corrected chi connectivity index (χ2v) is 5.70. The Labute approximate surface area is 139 Å². The number of ether oxygens (including phenoxy) is 1. The lowest BCUT2D eigenvalue weighted by Crippen LogP contribution is -2.37. The molecule has 24 heavy (non-hydrogen) atoms. The van der Waals surface area contributed by atoms with Crippen LogP contribution in [0.1, 0.15) is 33.6 Å². The molecule has 1 amide bonds. The van der Waals surface area contributed by atoms with Crippen molar-refractivity contribution in [2.24, 2.45) is 0 Å². The van der Waals surface area contributed by atoms with E-state index < -0.39 is 12.1 Å². The maximum Gasteiger partial charge on any atom is 0.415 e. The number of fused-ring (bicyclic) bond motifs is 1. The molecule has 0 radical (unpaired) electrons. The van der Waals surface area contributed by atoms with Gasteiger partial charge in [0.05, 0.1) is 11.3 Å². The number of carboxylic acids is 1. The second kappa shape index (κ2) is 6.70. The third kappa shape index (κ3) is 3.22. The average molecular weight is 326 g/mol. The van der Waals surface area contributed by atoms with Gasteiger partial charge in [-0.3, -0.25) is 4.90 Å². The van der Waals surface area contributed by atoms with E-state index in [1.807, 2.05) is 30.3 Å². The molecule has 0 fully saturated rings. The van der Waals surface area contributed by atoms with Crippen molar-refractivity contribution < 1.29 is 19.4 Å². The molecule has 1 aliphatic rings. The molecule has 3 rings (SSSR count). The number of amides is 1. The third-order valence-corrected chi connectivity index (χ3v) is 4.01. The summed E-state index contributed by atoms with van der Waals surface area (Å²) >= 11 is 0. The van der Waals surface area contributed by atoms with Gasteiger partial charge in [0.1, 0.15) is 12.4 Å². The molecule has 0 spiro atoms. The van der Waals surface area contributed by atoms with Gasteiger partial charge < -0.3 is 9.84 Å². The van der Waals surface area contributed by atoms with Gasteiger partial charge in [-0.1, -0.05) is 30.3 Å². The Morgan fingerprint density at radius 1 is 1.29 bits per heavy atom. The number of aromatic carboxylic acids is 1. The lowest BCUT2D eigenvalue weighted by atomic mass is 10.0. The van der Waals surface area contributed by atoms with Gasteiger partial charge in [0, 0.05) is 6.54 Å². The summed E-state index contributed by atoms with van der Waals surface area (Å²) in [5.41, 5.74) is 2.24. The predicted molar refractivity (Wildman–Crippen MR) is 88.2 cm³/mol. The summed E-state index contributed by atoms with van der Waals surface area (Å²) in [7, 11) is 0. The first-order valence-electron chi connectivity index (χ1n) is 7.78. The van der Waals surface area contributed by atoms with E-state index in [0.717, 1.165) is 17.5 Å². The van der Waals surface area contributed by atoms with Crippen molar-refractivity contribution in [1.29, 1.82) is 0 Å².